The molecule has 7 nitrogen and oxygen atoms in total. The summed E-state index contributed by atoms with van der Waals surface area (Å²) in [6.07, 6.45) is 3.37. The summed E-state index contributed by atoms with van der Waals surface area (Å²) in [6.45, 7) is 6.52. The Morgan fingerprint density at radius 2 is 2.22 bits per heavy atom. The molecule has 0 aromatic carbocycles. The maximum atomic E-state index is 12.4. The maximum absolute atomic E-state index is 12.4. The first kappa shape index (κ1) is 20.3. The molecule has 0 saturated carbocycles. The van der Waals surface area contributed by atoms with Crippen LogP contribution in [0.3, 0.4) is 0 Å². The average Bonchev–Trinajstić information content (AvgIpc) is 3.21. The molecular weight excluding hydrogens is 388 g/mol. The molecule has 3 heterocycles. The lowest BCUT2D eigenvalue weighted by atomic mass is 9.91. The molecule has 0 aliphatic carbocycles. The SMILES string of the molecule is C=CCCC(=O)N1CC[C@H](SC2=C(C(=O)O)N3C(=O)[C@@H](C[C@H](C)O)[C@H]3S2)C1. The number of aliphatic hydroxyl groups excluding tert-OH is 1. The Morgan fingerprint density at radius 3 is 2.85 bits per heavy atom. The smallest absolute Gasteiger partial charge is 0.354 e. The third kappa shape index (κ3) is 4.05. The van der Waals surface area contributed by atoms with Crippen molar-refractivity contribution < 1.29 is 24.6 Å². The van der Waals surface area contributed by atoms with Gasteiger partial charge < -0.3 is 15.1 Å². The van der Waals surface area contributed by atoms with Crippen LogP contribution in [0.2, 0.25) is 0 Å². The summed E-state index contributed by atoms with van der Waals surface area (Å²) in [7, 11) is 0. The van der Waals surface area contributed by atoms with Gasteiger partial charge in [-0.1, -0.05) is 17.8 Å². The number of hydrogen-bond acceptors (Lipinski definition) is 6. The van der Waals surface area contributed by atoms with Gasteiger partial charge in [-0.05, 0) is 26.2 Å². The van der Waals surface area contributed by atoms with Crippen molar-refractivity contribution in [2.45, 2.75) is 49.3 Å². The number of fused-ring (bicyclic) bond motifs is 1. The van der Waals surface area contributed by atoms with Crippen molar-refractivity contribution >= 4 is 41.3 Å². The van der Waals surface area contributed by atoms with Gasteiger partial charge in [-0.2, -0.15) is 0 Å². The Kier molecular flexibility index (Phi) is 6.22. The molecule has 0 spiro atoms. The van der Waals surface area contributed by atoms with Crippen molar-refractivity contribution in [3.8, 4) is 0 Å². The van der Waals surface area contributed by atoms with E-state index < -0.39 is 12.1 Å². The van der Waals surface area contributed by atoms with Gasteiger partial charge in [0.2, 0.25) is 11.8 Å². The van der Waals surface area contributed by atoms with E-state index in [1.807, 2.05) is 4.90 Å². The largest absolute Gasteiger partial charge is 0.477 e. The third-order valence-electron chi connectivity index (χ3n) is 4.95. The molecule has 2 amide bonds. The predicted molar refractivity (Wildman–Crippen MR) is 105 cm³/mol. The Bertz CT molecular complexity index is 693. The van der Waals surface area contributed by atoms with Gasteiger partial charge in [0.15, 0.2) is 5.70 Å². The average molecular weight is 413 g/mol. The number of amides is 2. The number of carboxylic acid groups (broad SMARTS) is 1. The molecular formula is C18H24N2O5S2. The van der Waals surface area contributed by atoms with Crippen LogP contribution in [0, 0.1) is 5.92 Å². The van der Waals surface area contributed by atoms with Gasteiger partial charge in [-0.15, -0.1) is 18.3 Å². The highest BCUT2D eigenvalue weighted by molar-refractivity contribution is 8.23. The van der Waals surface area contributed by atoms with E-state index in [9.17, 15) is 24.6 Å². The lowest BCUT2D eigenvalue weighted by Crippen LogP contribution is -2.57. The van der Waals surface area contributed by atoms with E-state index in [0.29, 0.717) is 36.6 Å². The summed E-state index contributed by atoms with van der Waals surface area (Å²) in [5.41, 5.74) is 0.0540. The number of hydrogen-bond donors (Lipinski definition) is 2. The van der Waals surface area contributed by atoms with Crippen molar-refractivity contribution in [3.63, 3.8) is 0 Å². The summed E-state index contributed by atoms with van der Waals surface area (Å²) in [4.78, 5) is 39.4. The van der Waals surface area contributed by atoms with Gasteiger partial charge in [-0.3, -0.25) is 14.5 Å². The number of nitrogens with zero attached hydrogens (tertiary/aromatic N) is 2. The van der Waals surface area contributed by atoms with Crippen molar-refractivity contribution in [1.82, 2.24) is 9.80 Å². The van der Waals surface area contributed by atoms with Crippen LogP contribution in [0.5, 0.6) is 0 Å². The normalized spacial score (nSPS) is 28.2. The first-order chi connectivity index (χ1) is 12.8. The second-order valence-corrected chi connectivity index (χ2v) is 9.74. The second kappa shape index (κ2) is 8.28. The summed E-state index contributed by atoms with van der Waals surface area (Å²) in [5.74, 6) is -1.58. The summed E-state index contributed by atoms with van der Waals surface area (Å²) < 4.78 is 0.638. The second-order valence-electron chi connectivity index (χ2n) is 7.04. The minimum absolute atomic E-state index is 0.0540. The minimum Gasteiger partial charge on any atom is -0.477 e. The van der Waals surface area contributed by atoms with Crippen molar-refractivity contribution in [1.29, 1.82) is 0 Å². The van der Waals surface area contributed by atoms with Gasteiger partial charge in [-0.25, -0.2) is 4.79 Å². The molecule has 9 heteroatoms. The van der Waals surface area contributed by atoms with Crippen LogP contribution in [-0.2, 0) is 14.4 Å². The molecule has 3 aliphatic heterocycles. The van der Waals surface area contributed by atoms with Gasteiger partial charge >= 0.3 is 5.97 Å². The van der Waals surface area contributed by atoms with Gasteiger partial charge in [0.05, 0.1) is 21.6 Å². The summed E-state index contributed by atoms with van der Waals surface area (Å²) in [6, 6.07) is 0. The zero-order chi connectivity index (χ0) is 19.7. The molecule has 2 saturated heterocycles. The highest BCUT2D eigenvalue weighted by Gasteiger charge is 2.56. The molecule has 0 aromatic heterocycles. The zero-order valence-electron chi connectivity index (χ0n) is 15.2. The van der Waals surface area contributed by atoms with Crippen LogP contribution >= 0.6 is 23.5 Å². The number of carbonyl (C=O) groups excluding carboxylic acids is 2. The molecule has 2 N–H and O–H groups in total. The Morgan fingerprint density at radius 1 is 1.48 bits per heavy atom. The van der Waals surface area contributed by atoms with Crippen molar-refractivity contribution in [3.05, 3.63) is 22.6 Å². The molecule has 2 fully saturated rings. The first-order valence-electron chi connectivity index (χ1n) is 9.04. The molecule has 4 atom stereocenters. The van der Waals surface area contributed by atoms with Gasteiger partial charge in [0.25, 0.3) is 0 Å². The number of thioether (sulfide) groups is 2. The number of aliphatic hydroxyl groups is 1. The monoisotopic (exact) mass is 412 g/mol. The fourth-order valence-electron chi connectivity index (χ4n) is 3.60. The molecule has 0 unspecified atom stereocenters. The molecule has 0 bridgehead atoms. The molecule has 27 heavy (non-hydrogen) atoms. The number of carbonyl (C=O) groups is 3. The van der Waals surface area contributed by atoms with Crippen LogP contribution < -0.4 is 0 Å². The summed E-state index contributed by atoms with van der Waals surface area (Å²) >= 11 is 2.86. The predicted octanol–water partition coefficient (Wildman–Crippen LogP) is 1.84. The molecule has 3 rings (SSSR count). The van der Waals surface area contributed by atoms with E-state index in [1.165, 1.54) is 28.4 Å². The first-order valence-corrected chi connectivity index (χ1v) is 10.8. The summed E-state index contributed by atoms with van der Waals surface area (Å²) in [5, 5.41) is 19.1. The lowest BCUT2D eigenvalue weighted by Gasteiger charge is -2.42. The highest BCUT2D eigenvalue weighted by Crippen LogP contribution is 2.55. The van der Waals surface area contributed by atoms with E-state index in [1.54, 1.807) is 13.0 Å². The van der Waals surface area contributed by atoms with Crippen molar-refractivity contribution in [2.24, 2.45) is 5.92 Å². The van der Waals surface area contributed by atoms with E-state index >= 15 is 0 Å². The zero-order valence-corrected chi connectivity index (χ0v) is 16.8. The Balaban J connectivity index is 1.65. The topological polar surface area (TPSA) is 98.2 Å². The van der Waals surface area contributed by atoms with Crippen molar-refractivity contribution in [2.75, 3.05) is 13.1 Å². The van der Waals surface area contributed by atoms with Crippen LogP contribution in [0.25, 0.3) is 0 Å². The number of β-lactam (4-membered cyclic amide) rings is 1. The van der Waals surface area contributed by atoms with Gasteiger partial charge in [0, 0.05) is 24.8 Å². The minimum atomic E-state index is -1.10. The number of carboxylic acids is 1. The van der Waals surface area contributed by atoms with Gasteiger partial charge in [0.1, 0.15) is 0 Å². The number of rotatable bonds is 8. The number of allylic oxidation sites excluding steroid dienone is 1. The molecule has 0 aromatic rings. The highest BCUT2D eigenvalue weighted by atomic mass is 32.2. The fourth-order valence-corrected chi connectivity index (χ4v) is 6.83. The third-order valence-corrected chi connectivity index (χ3v) is 7.84. The standard InChI is InChI=1S/C18H24N2O5S2/c1-3-4-5-13(22)19-7-6-11(9-19)26-18-14(17(24)25)20-15(23)12(8-10(2)21)16(20)27-18/h3,10-12,16,21H,1,4-9H2,2H3,(H,24,25)/t10-,11-,12+,16+/m0/s1. The molecule has 148 valence electrons. The lowest BCUT2D eigenvalue weighted by molar-refractivity contribution is -0.152. The van der Waals surface area contributed by atoms with E-state index in [0.717, 1.165) is 6.42 Å². The Hall–Kier alpha value is -1.45. The number of likely N-dealkylation sites (tertiary alicyclic amines) is 1. The van der Waals surface area contributed by atoms with Crippen LogP contribution in [0.4, 0.5) is 0 Å². The maximum Gasteiger partial charge on any atom is 0.354 e. The Labute approximate surface area is 166 Å². The quantitative estimate of drug-likeness (QED) is 0.464. The number of aliphatic carboxylic acids is 1. The van der Waals surface area contributed by atoms with E-state index in [4.69, 9.17) is 0 Å². The molecule has 0 radical (unpaired) electrons. The fraction of sp³-hybridized carbons (Fsp3) is 0.611. The van der Waals surface area contributed by atoms with E-state index in [-0.39, 0.29) is 34.1 Å². The van der Waals surface area contributed by atoms with Crippen LogP contribution in [-0.4, -0.2) is 67.6 Å². The van der Waals surface area contributed by atoms with Crippen LogP contribution in [0.1, 0.15) is 32.6 Å². The van der Waals surface area contributed by atoms with E-state index in [2.05, 4.69) is 6.58 Å². The van der Waals surface area contributed by atoms with Crippen LogP contribution in [0.15, 0.2) is 22.6 Å². The molecule has 3 aliphatic rings.